The average Bonchev–Trinajstić information content (AvgIpc) is 3.16. The van der Waals surface area contributed by atoms with Crippen molar-refractivity contribution >= 4 is 0 Å². The van der Waals surface area contributed by atoms with Crippen molar-refractivity contribution in [3.05, 3.63) is 0 Å². The summed E-state index contributed by atoms with van der Waals surface area (Å²) in [6, 6.07) is 0. The molecule has 8 unspecified atom stereocenters. The second-order valence-electron chi connectivity index (χ2n) is 8.82. The molecule has 4 rings (SSSR count). The van der Waals surface area contributed by atoms with Crippen molar-refractivity contribution in [2.24, 2.45) is 35.5 Å². The lowest BCUT2D eigenvalue weighted by Crippen LogP contribution is -2.44. The largest absolute Gasteiger partial charge is 0.378 e. The molecule has 0 spiro atoms. The molecule has 0 amide bonds. The summed E-state index contributed by atoms with van der Waals surface area (Å²) in [4.78, 5) is 0. The van der Waals surface area contributed by atoms with Crippen LogP contribution in [0.3, 0.4) is 0 Å². The standard InChI is InChI=1S/C21H36O4/c1-3-14-8-24-20(14)12-22-10-18-16-5-6-17(7-16)19(18)11-23-13-21-15(4-2)9-25-21/h14-21H,3-13H2,1-2H3. The van der Waals surface area contributed by atoms with Gasteiger partial charge in [0.15, 0.2) is 0 Å². The summed E-state index contributed by atoms with van der Waals surface area (Å²) in [5, 5.41) is 0. The number of ether oxygens (including phenoxy) is 4. The molecule has 2 saturated carbocycles. The third kappa shape index (κ3) is 3.78. The van der Waals surface area contributed by atoms with E-state index < -0.39 is 0 Å². The SMILES string of the molecule is CCC1COC1COCC1C2CCC(C2)C1COCC1OCC1CC. The van der Waals surface area contributed by atoms with Crippen LogP contribution in [0, 0.1) is 35.5 Å². The van der Waals surface area contributed by atoms with Crippen LogP contribution in [0.5, 0.6) is 0 Å². The summed E-state index contributed by atoms with van der Waals surface area (Å²) >= 11 is 0. The van der Waals surface area contributed by atoms with E-state index in [1.165, 1.54) is 32.1 Å². The van der Waals surface area contributed by atoms with E-state index in [0.717, 1.165) is 51.5 Å². The van der Waals surface area contributed by atoms with Crippen LogP contribution in [0.2, 0.25) is 0 Å². The lowest BCUT2D eigenvalue weighted by molar-refractivity contribution is -0.157. The summed E-state index contributed by atoms with van der Waals surface area (Å²) in [5.74, 6) is 4.56. The maximum atomic E-state index is 6.13. The normalized spacial score (nSPS) is 45.4. The van der Waals surface area contributed by atoms with Gasteiger partial charge in [0.1, 0.15) is 0 Å². The number of rotatable bonds is 10. The van der Waals surface area contributed by atoms with Crippen molar-refractivity contribution in [3.63, 3.8) is 0 Å². The number of hydrogen-bond acceptors (Lipinski definition) is 4. The van der Waals surface area contributed by atoms with Gasteiger partial charge in [-0.25, -0.2) is 0 Å². The zero-order valence-electron chi connectivity index (χ0n) is 16.0. The fraction of sp³-hybridized carbons (Fsp3) is 1.00. The van der Waals surface area contributed by atoms with Gasteiger partial charge in [-0.15, -0.1) is 0 Å². The van der Waals surface area contributed by atoms with E-state index in [2.05, 4.69) is 13.8 Å². The van der Waals surface area contributed by atoms with Gasteiger partial charge in [-0.1, -0.05) is 13.8 Å². The highest BCUT2D eigenvalue weighted by Gasteiger charge is 2.47. The topological polar surface area (TPSA) is 36.9 Å². The third-order valence-electron chi connectivity index (χ3n) is 7.61. The molecule has 144 valence electrons. The van der Waals surface area contributed by atoms with Crippen LogP contribution in [0.25, 0.3) is 0 Å². The van der Waals surface area contributed by atoms with Gasteiger partial charge >= 0.3 is 0 Å². The molecule has 0 radical (unpaired) electrons. The molecule has 0 aromatic carbocycles. The summed E-state index contributed by atoms with van der Waals surface area (Å²) in [5.41, 5.74) is 0. The number of fused-ring (bicyclic) bond motifs is 2. The van der Waals surface area contributed by atoms with Crippen LogP contribution >= 0.6 is 0 Å². The lowest BCUT2D eigenvalue weighted by Gasteiger charge is -2.38. The van der Waals surface area contributed by atoms with E-state index >= 15 is 0 Å². The van der Waals surface area contributed by atoms with Crippen molar-refractivity contribution in [1.82, 2.24) is 0 Å². The monoisotopic (exact) mass is 352 g/mol. The fourth-order valence-electron chi connectivity index (χ4n) is 5.56. The Morgan fingerprint density at radius 1 is 0.720 bits per heavy atom. The number of hydrogen-bond donors (Lipinski definition) is 0. The van der Waals surface area contributed by atoms with Gasteiger partial charge in [0.25, 0.3) is 0 Å². The molecule has 25 heavy (non-hydrogen) atoms. The molecular formula is C21H36O4. The van der Waals surface area contributed by atoms with Gasteiger partial charge < -0.3 is 18.9 Å². The van der Waals surface area contributed by atoms with E-state index in [1.54, 1.807) is 0 Å². The minimum absolute atomic E-state index is 0.347. The molecule has 4 heteroatoms. The van der Waals surface area contributed by atoms with Crippen LogP contribution in [-0.2, 0) is 18.9 Å². The van der Waals surface area contributed by atoms with E-state index in [1.807, 2.05) is 0 Å². The average molecular weight is 353 g/mol. The highest BCUT2D eigenvalue weighted by Crippen LogP contribution is 2.52. The van der Waals surface area contributed by atoms with Crippen molar-refractivity contribution < 1.29 is 18.9 Å². The van der Waals surface area contributed by atoms with Gasteiger partial charge in [0.05, 0.1) is 51.8 Å². The smallest absolute Gasteiger partial charge is 0.0858 e. The molecule has 2 aliphatic heterocycles. The maximum absolute atomic E-state index is 6.13. The Kier molecular flexibility index (Phi) is 6.01. The van der Waals surface area contributed by atoms with Gasteiger partial charge in [-0.05, 0) is 55.8 Å². The first-order chi connectivity index (χ1) is 12.3. The van der Waals surface area contributed by atoms with Crippen molar-refractivity contribution in [1.29, 1.82) is 0 Å². The molecule has 2 heterocycles. The summed E-state index contributed by atoms with van der Waals surface area (Å²) in [7, 11) is 0. The van der Waals surface area contributed by atoms with E-state index in [0.29, 0.717) is 35.9 Å². The second-order valence-corrected chi connectivity index (χ2v) is 8.82. The van der Waals surface area contributed by atoms with Crippen LogP contribution in [-0.4, -0.2) is 51.8 Å². The van der Waals surface area contributed by atoms with Crippen molar-refractivity contribution in [3.8, 4) is 0 Å². The Morgan fingerprint density at radius 3 is 1.56 bits per heavy atom. The Morgan fingerprint density at radius 2 is 1.20 bits per heavy atom. The molecule has 0 aromatic rings. The molecule has 8 atom stereocenters. The Balaban J connectivity index is 1.20. The molecule has 4 nitrogen and oxygen atoms in total. The van der Waals surface area contributed by atoms with Crippen LogP contribution in [0.1, 0.15) is 46.0 Å². The molecular weight excluding hydrogens is 316 g/mol. The summed E-state index contributed by atoms with van der Waals surface area (Å²) in [6.45, 7) is 9.74. The molecule has 2 aliphatic carbocycles. The van der Waals surface area contributed by atoms with Gasteiger partial charge in [0, 0.05) is 11.8 Å². The van der Waals surface area contributed by atoms with Gasteiger partial charge in [0.2, 0.25) is 0 Å². The maximum Gasteiger partial charge on any atom is 0.0858 e. The molecule has 4 aliphatic rings. The first-order valence-corrected chi connectivity index (χ1v) is 10.7. The van der Waals surface area contributed by atoms with Crippen molar-refractivity contribution in [2.75, 3.05) is 39.6 Å². The molecule has 2 bridgehead atoms. The van der Waals surface area contributed by atoms with Crippen LogP contribution < -0.4 is 0 Å². The second kappa shape index (κ2) is 8.24. The predicted molar refractivity (Wildman–Crippen MR) is 96.5 cm³/mol. The summed E-state index contributed by atoms with van der Waals surface area (Å²) < 4.78 is 23.6. The molecule has 0 aromatic heterocycles. The quantitative estimate of drug-likeness (QED) is 0.603. The summed E-state index contributed by atoms with van der Waals surface area (Å²) in [6.07, 6.45) is 7.31. The third-order valence-corrected chi connectivity index (χ3v) is 7.61. The fourth-order valence-corrected chi connectivity index (χ4v) is 5.56. The Hall–Kier alpha value is -0.160. The van der Waals surface area contributed by atoms with E-state index in [4.69, 9.17) is 18.9 Å². The first-order valence-electron chi connectivity index (χ1n) is 10.7. The molecule has 2 saturated heterocycles. The van der Waals surface area contributed by atoms with Gasteiger partial charge in [-0.2, -0.15) is 0 Å². The predicted octanol–water partition coefficient (Wildman–Crippen LogP) is 3.53. The highest BCUT2D eigenvalue weighted by atomic mass is 16.6. The Bertz CT molecular complexity index is 386. The lowest BCUT2D eigenvalue weighted by atomic mass is 9.80. The highest BCUT2D eigenvalue weighted by molar-refractivity contribution is 4.96. The minimum Gasteiger partial charge on any atom is -0.378 e. The van der Waals surface area contributed by atoms with Crippen molar-refractivity contribution in [2.45, 2.75) is 58.2 Å². The van der Waals surface area contributed by atoms with Crippen LogP contribution in [0.4, 0.5) is 0 Å². The molecule has 4 fully saturated rings. The zero-order chi connectivity index (χ0) is 17.2. The molecule has 0 N–H and O–H groups in total. The minimum atomic E-state index is 0.347. The van der Waals surface area contributed by atoms with Gasteiger partial charge in [-0.3, -0.25) is 0 Å². The first kappa shape index (κ1) is 18.2. The Labute approximate surface area is 152 Å². The van der Waals surface area contributed by atoms with E-state index in [-0.39, 0.29) is 0 Å². The zero-order valence-corrected chi connectivity index (χ0v) is 16.0. The van der Waals surface area contributed by atoms with Crippen LogP contribution in [0.15, 0.2) is 0 Å². The van der Waals surface area contributed by atoms with E-state index in [9.17, 15) is 0 Å².